The number of fused-ring (bicyclic) bond motifs is 2. The van der Waals surface area contributed by atoms with Gasteiger partial charge in [0.25, 0.3) is 0 Å². The van der Waals surface area contributed by atoms with E-state index in [0.29, 0.717) is 6.54 Å². The minimum Gasteiger partial charge on any atom is -0.353 e. The second kappa shape index (κ2) is 10.4. The number of aromatic nitrogens is 1. The summed E-state index contributed by atoms with van der Waals surface area (Å²) in [7, 11) is 0. The van der Waals surface area contributed by atoms with Crippen LogP contribution in [0.1, 0.15) is 38.5 Å². The van der Waals surface area contributed by atoms with Gasteiger partial charge in [-0.1, -0.05) is 25.0 Å². The zero-order valence-corrected chi connectivity index (χ0v) is 21.7. The molecular weight excluding hydrogens is 485 g/mol. The van der Waals surface area contributed by atoms with Gasteiger partial charge in [0.05, 0.1) is 16.5 Å². The molecule has 1 aliphatic carbocycles. The average molecular weight is 515 g/mol. The number of anilines is 1. The van der Waals surface area contributed by atoms with Crippen molar-refractivity contribution >= 4 is 39.3 Å². The number of nitrogens with zero attached hydrogens (tertiary/aromatic N) is 4. The second-order valence-electron chi connectivity index (χ2n) is 8.86. The van der Waals surface area contributed by atoms with Crippen LogP contribution in [0.3, 0.4) is 0 Å². The van der Waals surface area contributed by atoms with E-state index < -0.39 is 0 Å². The maximum absolute atomic E-state index is 12.6. The first kappa shape index (κ1) is 23.3. The Bertz CT molecular complexity index is 903. The number of piperazine rings is 1. The monoisotopic (exact) mass is 515 g/mol. The van der Waals surface area contributed by atoms with Gasteiger partial charge in [0.2, 0.25) is 11.8 Å². The first-order valence-corrected chi connectivity index (χ1v) is 12.2. The van der Waals surface area contributed by atoms with Crippen LogP contribution in [0.4, 0.5) is 5.82 Å². The van der Waals surface area contributed by atoms with Gasteiger partial charge in [-0.15, -0.1) is 0 Å². The van der Waals surface area contributed by atoms with Gasteiger partial charge in [-0.25, -0.2) is 0 Å². The molecule has 3 fully saturated rings. The standard InChI is InChI=1S/C23H30N4O2S.Y/c28-22-17-7-1-2-8-18(17)23(29)27(22)12-6-5-11-25-13-15-26(16-14-25)21-19-9-3-4-10-20(19)30-24-21;/h3-4,9-10,17-18H,1-2,5-8,11-16H2;. The van der Waals surface area contributed by atoms with Crippen LogP contribution in [0.2, 0.25) is 0 Å². The third-order valence-electron chi connectivity index (χ3n) is 7.07. The van der Waals surface area contributed by atoms with Crippen LogP contribution in [-0.4, -0.2) is 65.3 Å². The summed E-state index contributed by atoms with van der Waals surface area (Å²) in [5, 5.41) is 1.26. The molecule has 6 nitrogen and oxygen atoms in total. The molecule has 2 amide bonds. The smallest absolute Gasteiger partial charge is 0.233 e. The van der Waals surface area contributed by atoms with E-state index in [1.807, 2.05) is 0 Å². The molecule has 2 atom stereocenters. The number of imide groups is 1. The number of likely N-dealkylation sites (tertiary alicyclic amines) is 1. The molecule has 163 valence electrons. The fourth-order valence-electron chi connectivity index (χ4n) is 5.34. The maximum atomic E-state index is 12.6. The number of carbonyl (C=O) groups excluding carboxylic acids is 2. The fraction of sp³-hybridized carbons (Fsp3) is 0.609. The van der Waals surface area contributed by atoms with Gasteiger partial charge in [0, 0.05) is 70.8 Å². The fourth-order valence-corrected chi connectivity index (χ4v) is 6.14. The minimum absolute atomic E-state index is 0. The van der Waals surface area contributed by atoms with Crippen molar-refractivity contribution in [1.29, 1.82) is 0 Å². The number of unbranched alkanes of at least 4 members (excludes halogenated alkanes) is 1. The maximum Gasteiger partial charge on any atom is 0.233 e. The number of rotatable bonds is 6. The Morgan fingerprint density at radius 1 is 0.903 bits per heavy atom. The number of benzene rings is 1. The van der Waals surface area contributed by atoms with Gasteiger partial charge >= 0.3 is 0 Å². The van der Waals surface area contributed by atoms with Crippen molar-refractivity contribution < 1.29 is 42.3 Å². The van der Waals surface area contributed by atoms with Crippen LogP contribution in [0.25, 0.3) is 10.1 Å². The number of amides is 2. The van der Waals surface area contributed by atoms with Gasteiger partial charge < -0.3 is 4.90 Å². The molecule has 0 bridgehead atoms. The molecule has 0 N–H and O–H groups in total. The molecular formula is C23H30N4O2SY. The van der Waals surface area contributed by atoms with E-state index in [2.05, 4.69) is 38.4 Å². The minimum atomic E-state index is -0.0128. The van der Waals surface area contributed by atoms with Crippen molar-refractivity contribution in [2.24, 2.45) is 11.8 Å². The molecule has 1 radical (unpaired) electrons. The summed E-state index contributed by atoms with van der Waals surface area (Å²) in [5.74, 6) is 1.31. The first-order valence-electron chi connectivity index (χ1n) is 11.4. The summed E-state index contributed by atoms with van der Waals surface area (Å²) in [6.45, 7) is 5.72. The van der Waals surface area contributed by atoms with Gasteiger partial charge in [-0.3, -0.25) is 19.4 Å². The number of carbonyl (C=O) groups is 2. The van der Waals surface area contributed by atoms with Crippen molar-refractivity contribution in [2.45, 2.75) is 38.5 Å². The van der Waals surface area contributed by atoms with Gasteiger partial charge in [-0.05, 0) is 55.9 Å². The largest absolute Gasteiger partial charge is 0.353 e. The molecule has 3 aliphatic rings. The topological polar surface area (TPSA) is 56.8 Å². The molecule has 5 rings (SSSR count). The third-order valence-corrected chi connectivity index (χ3v) is 7.89. The molecule has 2 unspecified atom stereocenters. The van der Waals surface area contributed by atoms with Crippen LogP contribution in [0.15, 0.2) is 24.3 Å². The summed E-state index contributed by atoms with van der Waals surface area (Å²) in [4.78, 5) is 31.6. The molecule has 2 saturated heterocycles. The van der Waals surface area contributed by atoms with E-state index in [4.69, 9.17) is 0 Å². The second-order valence-corrected chi connectivity index (χ2v) is 9.67. The Hall–Kier alpha value is -0.886. The quantitative estimate of drug-likeness (QED) is 0.436. The zero-order chi connectivity index (χ0) is 20.5. The number of hydrogen-bond donors (Lipinski definition) is 0. The molecule has 1 saturated carbocycles. The predicted octanol–water partition coefficient (Wildman–Crippen LogP) is 3.37. The van der Waals surface area contributed by atoms with Crippen molar-refractivity contribution in [3.63, 3.8) is 0 Å². The van der Waals surface area contributed by atoms with E-state index in [9.17, 15) is 9.59 Å². The van der Waals surface area contributed by atoms with E-state index in [1.165, 1.54) is 10.1 Å². The number of hydrogen-bond acceptors (Lipinski definition) is 6. The predicted molar refractivity (Wildman–Crippen MR) is 120 cm³/mol. The Labute approximate surface area is 213 Å². The molecule has 3 heterocycles. The molecule has 2 aromatic rings. The van der Waals surface area contributed by atoms with Crippen LogP contribution in [0, 0.1) is 11.8 Å². The molecule has 31 heavy (non-hydrogen) atoms. The summed E-state index contributed by atoms with van der Waals surface area (Å²) in [6, 6.07) is 8.45. The zero-order valence-electron chi connectivity index (χ0n) is 18.0. The molecule has 8 heteroatoms. The third kappa shape index (κ3) is 4.75. The average Bonchev–Trinajstić information content (AvgIpc) is 3.32. The van der Waals surface area contributed by atoms with Crippen LogP contribution < -0.4 is 4.90 Å². The Morgan fingerprint density at radius 2 is 1.55 bits per heavy atom. The van der Waals surface area contributed by atoms with Crippen LogP contribution in [-0.2, 0) is 42.3 Å². The van der Waals surface area contributed by atoms with Crippen molar-refractivity contribution in [1.82, 2.24) is 14.2 Å². The molecule has 0 spiro atoms. The first-order chi connectivity index (χ1) is 14.7. The summed E-state index contributed by atoms with van der Waals surface area (Å²) < 4.78 is 5.94. The normalized spacial score (nSPS) is 24.5. The van der Waals surface area contributed by atoms with Gasteiger partial charge in [0.15, 0.2) is 0 Å². The Balaban J connectivity index is 0.00000231. The van der Waals surface area contributed by atoms with Crippen LogP contribution >= 0.6 is 11.5 Å². The van der Waals surface area contributed by atoms with Gasteiger partial charge in [-0.2, -0.15) is 4.37 Å². The molecule has 1 aromatic heterocycles. The van der Waals surface area contributed by atoms with E-state index in [1.54, 1.807) is 16.4 Å². The summed E-state index contributed by atoms with van der Waals surface area (Å²) in [5.41, 5.74) is 0. The van der Waals surface area contributed by atoms with Crippen molar-refractivity contribution in [3.05, 3.63) is 24.3 Å². The SMILES string of the molecule is O=C1C2CCCCC2C(=O)N1CCCCN1CCN(c2nsc3ccccc23)CC1.[Y]. The van der Waals surface area contributed by atoms with E-state index >= 15 is 0 Å². The van der Waals surface area contributed by atoms with Crippen molar-refractivity contribution in [2.75, 3.05) is 44.2 Å². The summed E-state index contributed by atoms with van der Waals surface area (Å²) >= 11 is 1.58. The molecule has 2 aliphatic heterocycles. The Kier molecular flexibility index (Phi) is 7.78. The van der Waals surface area contributed by atoms with Crippen LogP contribution in [0.5, 0.6) is 0 Å². The van der Waals surface area contributed by atoms with Gasteiger partial charge in [0.1, 0.15) is 5.82 Å². The van der Waals surface area contributed by atoms with Crippen molar-refractivity contribution in [3.8, 4) is 0 Å². The Morgan fingerprint density at radius 3 is 2.26 bits per heavy atom. The van der Waals surface area contributed by atoms with E-state index in [0.717, 1.165) is 77.1 Å². The molecule has 1 aromatic carbocycles. The van der Waals surface area contributed by atoms with E-state index in [-0.39, 0.29) is 56.4 Å². The summed E-state index contributed by atoms with van der Waals surface area (Å²) in [6.07, 6.45) is 5.95.